The van der Waals surface area contributed by atoms with E-state index in [0.717, 1.165) is 55.8 Å². The Balaban J connectivity index is 0.00000420. The third-order valence-electron chi connectivity index (χ3n) is 4.31. The molecule has 1 aliphatic rings. The van der Waals surface area contributed by atoms with Gasteiger partial charge in [-0.15, -0.1) is 35.3 Å². The maximum atomic E-state index is 12.1. The average molecular weight is 539 g/mol. The van der Waals surface area contributed by atoms with Gasteiger partial charge in [-0.25, -0.2) is 9.78 Å². The highest BCUT2D eigenvalue weighted by molar-refractivity contribution is 14.0. The van der Waals surface area contributed by atoms with E-state index in [1.54, 1.807) is 23.3 Å². The molecule has 2 rings (SSSR count). The number of amides is 1. The summed E-state index contributed by atoms with van der Waals surface area (Å²) in [7, 11) is 1.78. The van der Waals surface area contributed by atoms with Crippen LogP contribution in [0.3, 0.4) is 0 Å². The SMILES string of the molecule is CN=C(NCCc1csc(C)n1)NCCN1CCN(C(=O)OC(C)(C)C)CC1.I. The number of aliphatic imine (C=N–C) groups is 1. The summed E-state index contributed by atoms with van der Waals surface area (Å²) < 4.78 is 5.44. The van der Waals surface area contributed by atoms with Gasteiger partial charge in [-0.3, -0.25) is 9.89 Å². The van der Waals surface area contributed by atoms with Gasteiger partial charge in [0.2, 0.25) is 0 Å². The van der Waals surface area contributed by atoms with Crippen molar-refractivity contribution >= 4 is 47.4 Å². The number of piperazine rings is 1. The molecule has 1 aromatic rings. The van der Waals surface area contributed by atoms with Gasteiger partial charge in [-0.1, -0.05) is 0 Å². The van der Waals surface area contributed by atoms with Crippen molar-refractivity contribution in [1.29, 1.82) is 0 Å². The molecule has 0 bridgehead atoms. The summed E-state index contributed by atoms with van der Waals surface area (Å²) in [6.07, 6.45) is 0.669. The highest BCUT2D eigenvalue weighted by atomic mass is 127. The zero-order valence-electron chi connectivity index (χ0n) is 18.2. The molecule has 1 saturated heterocycles. The van der Waals surface area contributed by atoms with E-state index < -0.39 is 5.60 Å². The zero-order chi connectivity index (χ0) is 20.6. The van der Waals surface area contributed by atoms with Crippen LogP contribution in [0.25, 0.3) is 0 Å². The number of halogens is 1. The minimum Gasteiger partial charge on any atom is -0.444 e. The predicted octanol–water partition coefficient (Wildman–Crippen LogP) is 2.33. The van der Waals surface area contributed by atoms with Crippen molar-refractivity contribution in [3.05, 3.63) is 16.1 Å². The Labute approximate surface area is 195 Å². The molecule has 29 heavy (non-hydrogen) atoms. The standard InChI is InChI=1S/C19H34N6O2S.HI/c1-15-23-16(14-28-15)6-7-21-17(20-5)22-8-9-24-10-12-25(13-11-24)18(26)27-19(2,3)4;/h14H,6-13H2,1-5H3,(H2,20,21,22);1H. The second-order valence-electron chi connectivity index (χ2n) is 7.84. The number of hydrogen-bond donors (Lipinski definition) is 2. The summed E-state index contributed by atoms with van der Waals surface area (Å²) in [5.74, 6) is 0.805. The third-order valence-corrected chi connectivity index (χ3v) is 5.13. The summed E-state index contributed by atoms with van der Waals surface area (Å²) in [4.78, 5) is 25.0. The minimum absolute atomic E-state index is 0. The first-order valence-electron chi connectivity index (χ1n) is 9.82. The summed E-state index contributed by atoms with van der Waals surface area (Å²) in [5.41, 5.74) is 0.674. The summed E-state index contributed by atoms with van der Waals surface area (Å²) in [6, 6.07) is 0. The number of aromatic nitrogens is 1. The maximum Gasteiger partial charge on any atom is 0.410 e. The first-order valence-corrected chi connectivity index (χ1v) is 10.7. The van der Waals surface area contributed by atoms with Crippen LogP contribution in [0.2, 0.25) is 0 Å². The van der Waals surface area contributed by atoms with E-state index in [1.165, 1.54) is 0 Å². The number of carbonyl (C=O) groups excluding carboxylic acids is 1. The summed E-state index contributed by atoms with van der Waals surface area (Å²) in [5, 5.41) is 9.87. The second kappa shape index (κ2) is 12.5. The van der Waals surface area contributed by atoms with Gasteiger partial charge in [-0.05, 0) is 27.7 Å². The number of rotatable bonds is 6. The molecular weight excluding hydrogens is 503 g/mol. The molecule has 0 aromatic carbocycles. The van der Waals surface area contributed by atoms with Crippen LogP contribution in [0.5, 0.6) is 0 Å². The van der Waals surface area contributed by atoms with Crippen LogP contribution in [0, 0.1) is 6.92 Å². The Morgan fingerprint density at radius 3 is 2.45 bits per heavy atom. The van der Waals surface area contributed by atoms with Crippen LogP contribution in [-0.2, 0) is 11.2 Å². The smallest absolute Gasteiger partial charge is 0.410 e. The Morgan fingerprint density at radius 1 is 1.24 bits per heavy atom. The van der Waals surface area contributed by atoms with Crippen LogP contribution < -0.4 is 10.6 Å². The van der Waals surface area contributed by atoms with Gasteiger partial charge >= 0.3 is 6.09 Å². The molecule has 1 aromatic heterocycles. The van der Waals surface area contributed by atoms with Crippen LogP contribution in [0.15, 0.2) is 10.4 Å². The van der Waals surface area contributed by atoms with Gasteiger partial charge in [0.1, 0.15) is 5.60 Å². The molecule has 0 spiro atoms. The quantitative estimate of drug-likeness (QED) is 0.329. The van der Waals surface area contributed by atoms with Gasteiger partial charge in [0.25, 0.3) is 0 Å². The van der Waals surface area contributed by atoms with Crippen molar-refractivity contribution in [3.63, 3.8) is 0 Å². The minimum atomic E-state index is -0.445. The highest BCUT2D eigenvalue weighted by Gasteiger charge is 2.25. The van der Waals surface area contributed by atoms with Crippen molar-refractivity contribution in [2.45, 2.75) is 39.7 Å². The molecule has 0 radical (unpaired) electrons. The van der Waals surface area contributed by atoms with E-state index in [1.807, 2.05) is 27.7 Å². The fourth-order valence-electron chi connectivity index (χ4n) is 2.87. The van der Waals surface area contributed by atoms with Gasteiger partial charge in [0.05, 0.1) is 10.7 Å². The number of hydrogen-bond acceptors (Lipinski definition) is 6. The van der Waals surface area contributed by atoms with Crippen molar-refractivity contribution in [2.75, 3.05) is 52.9 Å². The largest absolute Gasteiger partial charge is 0.444 e. The number of thiazole rings is 1. The molecule has 1 fully saturated rings. The van der Waals surface area contributed by atoms with Crippen molar-refractivity contribution < 1.29 is 9.53 Å². The zero-order valence-corrected chi connectivity index (χ0v) is 21.3. The highest BCUT2D eigenvalue weighted by Crippen LogP contribution is 2.11. The molecule has 2 N–H and O–H groups in total. The molecule has 1 amide bonds. The van der Waals surface area contributed by atoms with Crippen LogP contribution in [0.1, 0.15) is 31.5 Å². The normalized spacial score (nSPS) is 15.6. The van der Waals surface area contributed by atoms with Crippen LogP contribution in [-0.4, -0.2) is 85.3 Å². The van der Waals surface area contributed by atoms with Gasteiger partial charge in [0.15, 0.2) is 5.96 Å². The topological polar surface area (TPSA) is 82.1 Å². The van der Waals surface area contributed by atoms with E-state index in [4.69, 9.17) is 4.74 Å². The molecule has 0 aliphatic carbocycles. The molecule has 0 saturated carbocycles. The second-order valence-corrected chi connectivity index (χ2v) is 8.90. The first-order chi connectivity index (χ1) is 13.3. The van der Waals surface area contributed by atoms with Gasteiger partial charge in [-0.2, -0.15) is 0 Å². The maximum absolute atomic E-state index is 12.1. The van der Waals surface area contributed by atoms with Crippen LogP contribution in [0.4, 0.5) is 4.79 Å². The first kappa shape index (κ1) is 25.9. The van der Waals surface area contributed by atoms with Crippen molar-refractivity contribution in [3.8, 4) is 0 Å². The third kappa shape index (κ3) is 9.94. The van der Waals surface area contributed by atoms with E-state index in [9.17, 15) is 4.79 Å². The summed E-state index contributed by atoms with van der Waals surface area (Å²) in [6.45, 7) is 13.3. The number of ether oxygens (including phenoxy) is 1. The lowest BCUT2D eigenvalue weighted by Crippen LogP contribution is -2.51. The molecule has 0 atom stereocenters. The number of guanidine groups is 1. The molecule has 8 nitrogen and oxygen atoms in total. The molecule has 166 valence electrons. The van der Waals surface area contributed by atoms with Crippen molar-refractivity contribution in [2.24, 2.45) is 4.99 Å². The Hall–Kier alpha value is -1.14. The predicted molar refractivity (Wildman–Crippen MR) is 130 cm³/mol. The fraction of sp³-hybridized carbons (Fsp3) is 0.737. The Morgan fingerprint density at radius 2 is 1.90 bits per heavy atom. The van der Waals surface area contributed by atoms with Gasteiger partial charge in [0, 0.05) is 64.7 Å². The number of aryl methyl sites for hydroxylation is 1. The average Bonchev–Trinajstić information content (AvgIpc) is 3.04. The van der Waals surface area contributed by atoms with E-state index in [0.29, 0.717) is 13.1 Å². The van der Waals surface area contributed by atoms with E-state index in [2.05, 4.69) is 30.9 Å². The van der Waals surface area contributed by atoms with E-state index >= 15 is 0 Å². The van der Waals surface area contributed by atoms with Gasteiger partial charge < -0.3 is 20.3 Å². The lowest BCUT2D eigenvalue weighted by Gasteiger charge is -2.35. The molecular formula is C19H35IN6O2S. The molecule has 2 heterocycles. The number of carbonyl (C=O) groups is 1. The summed E-state index contributed by atoms with van der Waals surface area (Å²) >= 11 is 1.68. The number of nitrogens with zero attached hydrogens (tertiary/aromatic N) is 4. The monoisotopic (exact) mass is 538 g/mol. The lowest BCUT2D eigenvalue weighted by molar-refractivity contribution is 0.0147. The van der Waals surface area contributed by atoms with Crippen LogP contribution >= 0.6 is 35.3 Å². The Bertz CT molecular complexity index is 653. The Kier molecular flexibility index (Phi) is 11.2. The fourth-order valence-corrected chi connectivity index (χ4v) is 3.51. The molecule has 1 aliphatic heterocycles. The molecule has 10 heteroatoms. The lowest BCUT2D eigenvalue weighted by atomic mass is 10.2. The molecule has 0 unspecified atom stereocenters. The van der Waals surface area contributed by atoms with Crippen molar-refractivity contribution in [1.82, 2.24) is 25.4 Å². The number of nitrogens with one attached hydrogen (secondary N) is 2. The van der Waals surface area contributed by atoms with E-state index in [-0.39, 0.29) is 30.1 Å².